The van der Waals surface area contributed by atoms with Gasteiger partial charge in [0.05, 0.1) is 25.7 Å². The van der Waals surface area contributed by atoms with Crippen LogP contribution in [0.4, 0.5) is 0 Å². The Kier molecular flexibility index (Phi) is 3.10. The van der Waals surface area contributed by atoms with Gasteiger partial charge in [-0.05, 0) is 12.5 Å². The van der Waals surface area contributed by atoms with Crippen molar-refractivity contribution in [2.75, 3.05) is 13.7 Å². The van der Waals surface area contributed by atoms with E-state index in [1.54, 1.807) is 7.11 Å². The highest BCUT2D eigenvalue weighted by atomic mass is 16.5. The lowest BCUT2D eigenvalue weighted by atomic mass is 10.00. The normalized spacial score (nSPS) is 24.2. The van der Waals surface area contributed by atoms with Crippen molar-refractivity contribution < 1.29 is 14.6 Å². The smallest absolute Gasteiger partial charge is 0.226 e. The first-order valence-corrected chi connectivity index (χ1v) is 5.30. The molecule has 2 rings (SSSR count). The third-order valence-electron chi connectivity index (χ3n) is 2.94. The van der Waals surface area contributed by atoms with Crippen molar-refractivity contribution in [1.82, 2.24) is 5.32 Å². The zero-order valence-corrected chi connectivity index (χ0v) is 9.14. The van der Waals surface area contributed by atoms with E-state index in [4.69, 9.17) is 9.84 Å². The molecule has 2 atom stereocenters. The lowest BCUT2D eigenvalue weighted by molar-refractivity contribution is -0.123. The number of nitrogens with one attached hydrogen (secondary N) is 1. The van der Waals surface area contributed by atoms with E-state index in [2.05, 4.69) is 5.32 Å². The van der Waals surface area contributed by atoms with Gasteiger partial charge in [0, 0.05) is 5.56 Å². The van der Waals surface area contributed by atoms with Gasteiger partial charge in [-0.15, -0.1) is 0 Å². The van der Waals surface area contributed by atoms with Crippen LogP contribution in [0.25, 0.3) is 0 Å². The summed E-state index contributed by atoms with van der Waals surface area (Å²) in [4.78, 5) is 11.5. The minimum atomic E-state index is -0.296. The van der Waals surface area contributed by atoms with Crippen molar-refractivity contribution in [1.29, 1.82) is 0 Å². The Morgan fingerprint density at radius 2 is 2.25 bits per heavy atom. The van der Waals surface area contributed by atoms with Crippen LogP contribution in [0.2, 0.25) is 0 Å². The summed E-state index contributed by atoms with van der Waals surface area (Å²) in [6.07, 6.45) is 0.621. The molecule has 16 heavy (non-hydrogen) atoms. The number of hydrogen-bond donors (Lipinski definition) is 2. The number of benzene rings is 1. The molecule has 1 aliphatic heterocycles. The van der Waals surface area contributed by atoms with E-state index < -0.39 is 0 Å². The van der Waals surface area contributed by atoms with E-state index in [9.17, 15) is 4.79 Å². The highest BCUT2D eigenvalue weighted by Crippen LogP contribution is 2.33. The van der Waals surface area contributed by atoms with Crippen molar-refractivity contribution in [3.8, 4) is 5.75 Å². The molecule has 0 bridgehead atoms. The van der Waals surface area contributed by atoms with Crippen LogP contribution in [0.3, 0.4) is 0 Å². The third kappa shape index (κ3) is 1.88. The fourth-order valence-electron chi connectivity index (χ4n) is 2.06. The van der Waals surface area contributed by atoms with Crippen molar-refractivity contribution in [2.45, 2.75) is 12.5 Å². The van der Waals surface area contributed by atoms with E-state index in [-0.39, 0.29) is 24.5 Å². The van der Waals surface area contributed by atoms with E-state index in [0.29, 0.717) is 6.42 Å². The fourth-order valence-corrected chi connectivity index (χ4v) is 2.06. The predicted octanol–water partition coefficient (Wildman–Crippen LogP) is 0.865. The van der Waals surface area contributed by atoms with Crippen LogP contribution in [0, 0.1) is 5.92 Å². The molecule has 1 saturated heterocycles. The van der Waals surface area contributed by atoms with Gasteiger partial charge < -0.3 is 15.2 Å². The van der Waals surface area contributed by atoms with Crippen molar-refractivity contribution in [3.05, 3.63) is 29.8 Å². The average molecular weight is 221 g/mol. The summed E-state index contributed by atoms with van der Waals surface area (Å²) in [7, 11) is 1.61. The minimum absolute atomic E-state index is 0.0548. The van der Waals surface area contributed by atoms with Gasteiger partial charge >= 0.3 is 0 Å². The van der Waals surface area contributed by atoms with Gasteiger partial charge in [-0.1, -0.05) is 18.2 Å². The molecule has 1 fully saturated rings. The molecular formula is C12H15NO3. The Bertz CT molecular complexity index is 392. The Hall–Kier alpha value is -1.55. The molecule has 1 aromatic rings. The molecule has 1 amide bonds. The van der Waals surface area contributed by atoms with Crippen LogP contribution in [-0.4, -0.2) is 24.7 Å². The standard InChI is InChI=1S/C12H15NO3/c1-16-11-5-3-2-4-9(11)10-6-8(7-14)12(15)13-10/h2-5,8,10,14H,6-7H2,1H3,(H,13,15)/t8-,10+/m0/s1. The van der Waals surface area contributed by atoms with Crippen LogP contribution < -0.4 is 10.1 Å². The summed E-state index contributed by atoms with van der Waals surface area (Å²) in [5.41, 5.74) is 0.967. The van der Waals surface area contributed by atoms with Gasteiger partial charge in [0.1, 0.15) is 5.75 Å². The molecular weight excluding hydrogens is 206 g/mol. The van der Waals surface area contributed by atoms with Crippen LogP contribution in [0.1, 0.15) is 18.0 Å². The number of aliphatic hydroxyl groups is 1. The van der Waals surface area contributed by atoms with Gasteiger partial charge in [-0.25, -0.2) is 0 Å². The van der Waals surface area contributed by atoms with Crippen LogP contribution in [0.15, 0.2) is 24.3 Å². The number of carbonyl (C=O) groups is 1. The maximum Gasteiger partial charge on any atom is 0.226 e. The molecule has 1 aliphatic rings. The van der Waals surface area contributed by atoms with Crippen molar-refractivity contribution in [2.24, 2.45) is 5.92 Å². The van der Waals surface area contributed by atoms with E-state index >= 15 is 0 Å². The molecule has 1 aromatic carbocycles. The van der Waals surface area contributed by atoms with Crippen molar-refractivity contribution >= 4 is 5.91 Å². The van der Waals surface area contributed by atoms with Crippen LogP contribution >= 0.6 is 0 Å². The molecule has 0 radical (unpaired) electrons. The quantitative estimate of drug-likeness (QED) is 0.796. The first-order valence-electron chi connectivity index (χ1n) is 5.30. The maximum absolute atomic E-state index is 11.5. The average Bonchev–Trinajstić information content (AvgIpc) is 2.70. The Balaban J connectivity index is 2.23. The Morgan fingerprint density at radius 3 is 2.88 bits per heavy atom. The Morgan fingerprint density at radius 1 is 1.50 bits per heavy atom. The molecule has 0 saturated carbocycles. The minimum Gasteiger partial charge on any atom is -0.496 e. The first-order chi connectivity index (χ1) is 7.76. The predicted molar refractivity (Wildman–Crippen MR) is 59.1 cm³/mol. The number of hydrogen-bond acceptors (Lipinski definition) is 3. The summed E-state index contributed by atoms with van der Waals surface area (Å²) in [5.74, 6) is 0.389. The van der Waals surface area contributed by atoms with Gasteiger partial charge in [-0.3, -0.25) is 4.79 Å². The third-order valence-corrected chi connectivity index (χ3v) is 2.94. The van der Waals surface area contributed by atoms with E-state index in [0.717, 1.165) is 11.3 Å². The molecule has 4 heteroatoms. The first kappa shape index (κ1) is 11.0. The summed E-state index contributed by atoms with van der Waals surface area (Å²) in [6, 6.07) is 7.55. The fraction of sp³-hybridized carbons (Fsp3) is 0.417. The lowest BCUT2D eigenvalue weighted by Gasteiger charge is -2.14. The van der Waals surface area contributed by atoms with E-state index in [1.807, 2.05) is 24.3 Å². The highest BCUT2D eigenvalue weighted by Gasteiger charge is 2.33. The second-order valence-corrected chi connectivity index (χ2v) is 3.92. The summed E-state index contributed by atoms with van der Waals surface area (Å²) in [6.45, 7) is -0.0997. The zero-order valence-electron chi connectivity index (χ0n) is 9.14. The SMILES string of the molecule is COc1ccccc1[C@H]1C[C@@H](CO)C(=O)N1. The zero-order chi connectivity index (χ0) is 11.5. The Labute approximate surface area is 94.2 Å². The molecule has 86 valence electrons. The molecule has 0 spiro atoms. The molecule has 1 heterocycles. The highest BCUT2D eigenvalue weighted by molar-refractivity contribution is 5.81. The van der Waals surface area contributed by atoms with Crippen LogP contribution in [-0.2, 0) is 4.79 Å². The molecule has 0 unspecified atom stereocenters. The second-order valence-electron chi connectivity index (χ2n) is 3.92. The monoisotopic (exact) mass is 221 g/mol. The number of para-hydroxylation sites is 1. The summed E-state index contributed by atoms with van der Waals surface area (Å²) >= 11 is 0. The van der Waals surface area contributed by atoms with Gasteiger partial charge in [0.15, 0.2) is 0 Å². The van der Waals surface area contributed by atoms with Gasteiger partial charge in [0.25, 0.3) is 0 Å². The molecule has 4 nitrogen and oxygen atoms in total. The number of aliphatic hydroxyl groups excluding tert-OH is 1. The molecule has 2 N–H and O–H groups in total. The maximum atomic E-state index is 11.5. The number of ether oxygens (including phenoxy) is 1. The van der Waals surface area contributed by atoms with Gasteiger partial charge in [0.2, 0.25) is 5.91 Å². The number of carbonyl (C=O) groups excluding carboxylic acids is 1. The summed E-state index contributed by atoms with van der Waals surface area (Å²) < 4.78 is 5.25. The molecule has 0 aliphatic carbocycles. The largest absolute Gasteiger partial charge is 0.496 e. The second kappa shape index (κ2) is 4.53. The topological polar surface area (TPSA) is 58.6 Å². The summed E-state index contributed by atoms with van der Waals surface area (Å²) in [5, 5.41) is 11.9. The molecule has 0 aromatic heterocycles. The van der Waals surface area contributed by atoms with Crippen molar-refractivity contribution in [3.63, 3.8) is 0 Å². The van der Waals surface area contributed by atoms with Gasteiger partial charge in [-0.2, -0.15) is 0 Å². The lowest BCUT2D eigenvalue weighted by Crippen LogP contribution is -2.22. The number of amides is 1. The van der Waals surface area contributed by atoms with E-state index in [1.165, 1.54) is 0 Å². The van der Waals surface area contributed by atoms with Crippen LogP contribution in [0.5, 0.6) is 5.75 Å². The number of methoxy groups -OCH3 is 1. The number of rotatable bonds is 3.